The SMILES string of the molecule is Cc1ccc(C)c(S(=O)(=O)N2CCN(C3CC3)CC2c2ccccc2)c1. The van der Waals surface area contributed by atoms with Gasteiger partial charge in [0.25, 0.3) is 0 Å². The van der Waals surface area contributed by atoms with Gasteiger partial charge in [0.15, 0.2) is 0 Å². The van der Waals surface area contributed by atoms with Crippen LogP contribution in [0.1, 0.15) is 35.6 Å². The van der Waals surface area contributed by atoms with Gasteiger partial charge in [-0.25, -0.2) is 8.42 Å². The first kappa shape index (κ1) is 17.7. The zero-order valence-electron chi connectivity index (χ0n) is 15.4. The van der Waals surface area contributed by atoms with Crippen molar-refractivity contribution in [1.29, 1.82) is 0 Å². The number of hydrogen-bond acceptors (Lipinski definition) is 3. The second-order valence-electron chi connectivity index (χ2n) is 7.54. The molecular weight excluding hydrogens is 344 g/mol. The maximum absolute atomic E-state index is 13.5. The van der Waals surface area contributed by atoms with Crippen LogP contribution >= 0.6 is 0 Å². The molecule has 5 heteroatoms. The first-order valence-electron chi connectivity index (χ1n) is 9.35. The molecule has 4 nitrogen and oxygen atoms in total. The van der Waals surface area contributed by atoms with Gasteiger partial charge in [-0.1, -0.05) is 42.5 Å². The van der Waals surface area contributed by atoms with Gasteiger partial charge in [-0.15, -0.1) is 0 Å². The quantitative estimate of drug-likeness (QED) is 0.827. The van der Waals surface area contributed by atoms with Crippen LogP contribution in [0.5, 0.6) is 0 Å². The van der Waals surface area contributed by atoms with Crippen molar-refractivity contribution in [3.8, 4) is 0 Å². The van der Waals surface area contributed by atoms with E-state index < -0.39 is 10.0 Å². The largest absolute Gasteiger partial charge is 0.297 e. The van der Waals surface area contributed by atoms with Crippen molar-refractivity contribution in [2.75, 3.05) is 19.6 Å². The predicted octanol–water partition coefficient (Wildman–Crippen LogP) is 3.51. The normalized spacial score (nSPS) is 22.5. The van der Waals surface area contributed by atoms with E-state index in [-0.39, 0.29) is 6.04 Å². The average Bonchev–Trinajstić information content (AvgIpc) is 3.49. The van der Waals surface area contributed by atoms with Crippen LogP contribution in [0.4, 0.5) is 0 Å². The Bertz CT molecular complexity index is 891. The highest BCUT2D eigenvalue weighted by Gasteiger charge is 2.41. The Morgan fingerprint density at radius 2 is 1.69 bits per heavy atom. The summed E-state index contributed by atoms with van der Waals surface area (Å²) in [5.74, 6) is 0. The van der Waals surface area contributed by atoms with Crippen molar-refractivity contribution in [3.05, 3.63) is 65.2 Å². The van der Waals surface area contributed by atoms with Crippen LogP contribution in [0.3, 0.4) is 0 Å². The highest BCUT2D eigenvalue weighted by atomic mass is 32.2. The van der Waals surface area contributed by atoms with Gasteiger partial charge in [0, 0.05) is 25.7 Å². The molecule has 2 aromatic carbocycles. The van der Waals surface area contributed by atoms with E-state index in [9.17, 15) is 8.42 Å². The fourth-order valence-electron chi connectivity index (χ4n) is 3.90. The first-order chi connectivity index (χ1) is 12.5. The molecule has 1 heterocycles. The summed E-state index contributed by atoms with van der Waals surface area (Å²) in [5.41, 5.74) is 2.86. The predicted molar refractivity (Wildman–Crippen MR) is 104 cm³/mol. The van der Waals surface area contributed by atoms with Gasteiger partial charge in [-0.2, -0.15) is 4.31 Å². The molecular formula is C21H26N2O2S. The summed E-state index contributed by atoms with van der Waals surface area (Å²) in [6.07, 6.45) is 2.48. The molecule has 1 saturated heterocycles. The number of sulfonamides is 1. The van der Waals surface area contributed by atoms with Crippen molar-refractivity contribution in [1.82, 2.24) is 9.21 Å². The van der Waals surface area contributed by atoms with Crippen molar-refractivity contribution >= 4 is 10.0 Å². The Balaban J connectivity index is 1.73. The molecule has 0 bridgehead atoms. The average molecular weight is 371 g/mol. The van der Waals surface area contributed by atoms with E-state index in [2.05, 4.69) is 4.90 Å². The van der Waals surface area contributed by atoms with Gasteiger partial charge < -0.3 is 0 Å². The van der Waals surface area contributed by atoms with Crippen molar-refractivity contribution < 1.29 is 8.42 Å². The standard InChI is InChI=1S/C21H26N2O2S/c1-16-8-9-17(2)21(14-16)26(24,25)23-13-12-22(19-10-11-19)15-20(23)18-6-4-3-5-7-18/h3-9,14,19-20H,10-13,15H2,1-2H3. The van der Waals surface area contributed by atoms with E-state index in [1.165, 1.54) is 12.8 Å². The van der Waals surface area contributed by atoms with E-state index in [4.69, 9.17) is 0 Å². The number of piperazine rings is 1. The lowest BCUT2D eigenvalue weighted by atomic mass is 10.0. The number of aryl methyl sites for hydroxylation is 2. The Morgan fingerprint density at radius 3 is 2.38 bits per heavy atom. The molecule has 1 atom stereocenters. The lowest BCUT2D eigenvalue weighted by Crippen LogP contribution is -2.51. The Kier molecular flexibility index (Phi) is 4.63. The molecule has 0 amide bonds. The molecule has 138 valence electrons. The van der Waals surface area contributed by atoms with E-state index >= 15 is 0 Å². The Labute approximate surface area is 156 Å². The molecule has 1 unspecified atom stereocenters. The summed E-state index contributed by atoms with van der Waals surface area (Å²) in [6.45, 7) is 5.96. The molecule has 26 heavy (non-hydrogen) atoms. The molecule has 0 N–H and O–H groups in total. The van der Waals surface area contributed by atoms with Crippen LogP contribution in [0.25, 0.3) is 0 Å². The molecule has 2 aromatic rings. The molecule has 0 spiro atoms. The lowest BCUT2D eigenvalue weighted by molar-refractivity contribution is 0.128. The van der Waals surface area contributed by atoms with E-state index in [1.807, 2.05) is 56.3 Å². The van der Waals surface area contributed by atoms with Gasteiger partial charge in [0.05, 0.1) is 10.9 Å². The molecule has 2 fully saturated rings. The fourth-order valence-corrected chi connectivity index (χ4v) is 5.81. The molecule has 1 saturated carbocycles. The van der Waals surface area contributed by atoms with Crippen molar-refractivity contribution in [3.63, 3.8) is 0 Å². The van der Waals surface area contributed by atoms with Gasteiger partial charge >= 0.3 is 0 Å². The molecule has 4 rings (SSSR count). The molecule has 0 aromatic heterocycles. The van der Waals surface area contributed by atoms with Crippen LogP contribution in [-0.2, 0) is 10.0 Å². The minimum atomic E-state index is -3.53. The molecule has 1 aliphatic heterocycles. The van der Waals surface area contributed by atoms with E-state index in [1.54, 1.807) is 10.4 Å². The minimum Gasteiger partial charge on any atom is -0.297 e. The molecule has 2 aliphatic rings. The minimum absolute atomic E-state index is 0.129. The number of hydrogen-bond donors (Lipinski definition) is 0. The summed E-state index contributed by atoms with van der Waals surface area (Å²) in [5, 5.41) is 0. The summed E-state index contributed by atoms with van der Waals surface area (Å²) in [7, 11) is -3.53. The number of benzene rings is 2. The summed E-state index contributed by atoms with van der Waals surface area (Å²) in [4.78, 5) is 2.91. The van der Waals surface area contributed by atoms with Crippen LogP contribution in [0, 0.1) is 13.8 Å². The van der Waals surface area contributed by atoms with Gasteiger partial charge in [-0.3, -0.25) is 4.90 Å². The fraction of sp³-hybridized carbons (Fsp3) is 0.429. The van der Waals surface area contributed by atoms with Crippen LogP contribution in [0.15, 0.2) is 53.4 Å². The summed E-state index contributed by atoms with van der Waals surface area (Å²) < 4.78 is 28.8. The van der Waals surface area contributed by atoms with Gasteiger partial charge in [0.1, 0.15) is 0 Å². The third-order valence-corrected chi connectivity index (χ3v) is 7.59. The number of rotatable bonds is 4. The summed E-state index contributed by atoms with van der Waals surface area (Å²) >= 11 is 0. The van der Waals surface area contributed by atoms with Crippen LogP contribution in [0.2, 0.25) is 0 Å². The van der Waals surface area contributed by atoms with Crippen molar-refractivity contribution in [2.24, 2.45) is 0 Å². The Hall–Kier alpha value is -1.69. The lowest BCUT2D eigenvalue weighted by Gasteiger charge is -2.41. The van der Waals surface area contributed by atoms with Crippen molar-refractivity contribution in [2.45, 2.75) is 43.7 Å². The zero-order valence-corrected chi connectivity index (χ0v) is 16.2. The smallest absolute Gasteiger partial charge is 0.243 e. The third-order valence-electron chi connectivity index (χ3n) is 5.54. The van der Waals surface area contributed by atoms with Gasteiger partial charge in [-0.05, 0) is 49.4 Å². The molecule has 0 radical (unpaired) electrons. The Morgan fingerprint density at radius 1 is 0.962 bits per heavy atom. The van der Waals surface area contributed by atoms with Gasteiger partial charge in [0.2, 0.25) is 10.0 Å². The second-order valence-corrected chi connectivity index (χ2v) is 9.40. The second kappa shape index (κ2) is 6.80. The highest BCUT2D eigenvalue weighted by molar-refractivity contribution is 7.89. The first-order valence-corrected chi connectivity index (χ1v) is 10.8. The molecule has 1 aliphatic carbocycles. The maximum atomic E-state index is 13.5. The third kappa shape index (κ3) is 3.31. The topological polar surface area (TPSA) is 40.6 Å². The monoisotopic (exact) mass is 370 g/mol. The van der Waals surface area contributed by atoms with Crippen LogP contribution < -0.4 is 0 Å². The van der Waals surface area contributed by atoms with E-state index in [0.717, 1.165) is 29.8 Å². The highest BCUT2D eigenvalue weighted by Crippen LogP contribution is 2.36. The summed E-state index contributed by atoms with van der Waals surface area (Å²) in [6, 6.07) is 16.3. The van der Waals surface area contributed by atoms with Crippen LogP contribution in [-0.4, -0.2) is 43.3 Å². The zero-order chi connectivity index (χ0) is 18.3. The maximum Gasteiger partial charge on any atom is 0.243 e. The van der Waals surface area contributed by atoms with E-state index in [0.29, 0.717) is 17.5 Å². The number of nitrogens with zero attached hydrogens (tertiary/aromatic N) is 2.